The number of aliphatic hydroxyl groups excluding tert-OH is 1. The number of hydrogen-bond acceptors (Lipinski definition) is 4. The highest BCUT2D eigenvalue weighted by atomic mass is 35.5. The molecule has 2 atom stereocenters. The minimum Gasteiger partial charge on any atom is -0.493 e. The van der Waals surface area contributed by atoms with Crippen LogP contribution in [0.3, 0.4) is 0 Å². The normalized spacial score (nSPS) is 21.7. The summed E-state index contributed by atoms with van der Waals surface area (Å²) in [6.07, 6.45) is 0.760. The van der Waals surface area contributed by atoms with Crippen molar-refractivity contribution >= 4 is 11.6 Å². The van der Waals surface area contributed by atoms with Crippen LogP contribution in [-0.4, -0.2) is 66.4 Å². The Hall–Kier alpha value is -0.810. The number of aliphatic hydroxyl groups is 1. The molecule has 1 fully saturated rings. The van der Waals surface area contributed by atoms with Gasteiger partial charge in [-0.1, -0.05) is 17.7 Å². The lowest BCUT2D eigenvalue weighted by Crippen LogP contribution is -2.53. The third-order valence-corrected chi connectivity index (χ3v) is 4.27. The molecular formula is C17H27ClN2O2. The second-order valence-electron chi connectivity index (χ2n) is 6.15. The molecule has 5 heteroatoms. The molecule has 1 N–H and O–H groups in total. The second-order valence-corrected chi connectivity index (χ2v) is 6.59. The van der Waals surface area contributed by atoms with Gasteiger partial charge >= 0.3 is 0 Å². The van der Waals surface area contributed by atoms with Crippen molar-refractivity contribution in [2.75, 3.05) is 39.3 Å². The molecule has 1 heterocycles. The Morgan fingerprint density at radius 2 is 2.23 bits per heavy atom. The molecule has 0 unspecified atom stereocenters. The molecule has 0 aromatic heterocycles. The molecule has 0 amide bonds. The van der Waals surface area contributed by atoms with Gasteiger partial charge in [0.15, 0.2) is 0 Å². The van der Waals surface area contributed by atoms with Gasteiger partial charge in [0.1, 0.15) is 5.75 Å². The molecule has 0 aliphatic carbocycles. The highest BCUT2D eigenvalue weighted by Gasteiger charge is 2.23. The van der Waals surface area contributed by atoms with Crippen molar-refractivity contribution < 1.29 is 9.84 Å². The molecule has 1 aliphatic rings. The molecule has 4 nitrogen and oxygen atoms in total. The highest BCUT2D eigenvalue weighted by Crippen LogP contribution is 2.17. The first kappa shape index (κ1) is 17.5. The summed E-state index contributed by atoms with van der Waals surface area (Å²) in [6.45, 7) is 9.77. The van der Waals surface area contributed by atoms with E-state index in [2.05, 4.69) is 16.7 Å². The highest BCUT2D eigenvalue weighted by molar-refractivity contribution is 6.30. The summed E-state index contributed by atoms with van der Waals surface area (Å²) in [6, 6.07) is 8.03. The van der Waals surface area contributed by atoms with Crippen LogP contribution in [0.25, 0.3) is 0 Å². The third-order valence-electron chi connectivity index (χ3n) is 4.03. The molecule has 0 radical (unpaired) electrons. The molecule has 0 bridgehead atoms. The Labute approximate surface area is 138 Å². The minimum atomic E-state index is -0.250. The van der Waals surface area contributed by atoms with Crippen molar-refractivity contribution in [3.8, 4) is 5.75 Å². The zero-order chi connectivity index (χ0) is 15.9. The zero-order valence-corrected chi connectivity index (χ0v) is 14.3. The molecular weight excluding hydrogens is 300 g/mol. The Morgan fingerprint density at radius 1 is 1.41 bits per heavy atom. The average molecular weight is 327 g/mol. The standard InChI is InChI=1S/C17H27ClN2O2/c1-14-12-19(8-9-20(14)13-15(2)21)7-4-10-22-17-6-3-5-16(18)11-17/h3,5-6,11,14-15,21H,4,7-10,12-13H2,1-2H3/t14-,15-/m1/s1. The Balaban J connectivity index is 1.64. The van der Waals surface area contributed by atoms with E-state index in [0.717, 1.165) is 44.9 Å². The number of nitrogens with zero attached hydrogens (tertiary/aromatic N) is 2. The van der Waals surface area contributed by atoms with Crippen molar-refractivity contribution in [3.63, 3.8) is 0 Å². The fourth-order valence-electron chi connectivity index (χ4n) is 2.92. The Bertz CT molecular complexity index is 456. The van der Waals surface area contributed by atoms with E-state index in [1.54, 1.807) is 0 Å². The first-order valence-corrected chi connectivity index (χ1v) is 8.45. The Kier molecular flexibility index (Phi) is 6.96. The monoisotopic (exact) mass is 326 g/mol. The smallest absolute Gasteiger partial charge is 0.120 e. The summed E-state index contributed by atoms with van der Waals surface area (Å²) in [4.78, 5) is 4.84. The van der Waals surface area contributed by atoms with Crippen molar-refractivity contribution in [3.05, 3.63) is 29.3 Å². The van der Waals surface area contributed by atoms with Crippen molar-refractivity contribution in [1.82, 2.24) is 9.80 Å². The summed E-state index contributed by atoms with van der Waals surface area (Å²) in [5.74, 6) is 0.836. The van der Waals surface area contributed by atoms with Gasteiger partial charge in [0, 0.05) is 43.8 Å². The number of hydrogen-bond donors (Lipinski definition) is 1. The van der Waals surface area contributed by atoms with Gasteiger partial charge < -0.3 is 14.7 Å². The maximum atomic E-state index is 9.51. The molecule has 1 aromatic carbocycles. The van der Waals surface area contributed by atoms with Gasteiger partial charge in [-0.15, -0.1) is 0 Å². The van der Waals surface area contributed by atoms with Crippen molar-refractivity contribution in [2.24, 2.45) is 0 Å². The van der Waals surface area contributed by atoms with Crippen LogP contribution in [0.4, 0.5) is 0 Å². The molecule has 124 valence electrons. The second kappa shape index (κ2) is 8.73. The van der Waals surface area contributed by atoms with Gasteiger partial charge in [0.2, 0.25) is 0 Å². The first-order chi connectivity index (χ1) is 10.5. The predicted octanol–water partition coefficient (Wildman–Crippen LogP) is 2.50. The van der Waals surface area contributed by atoms with Crippen LogP contribution < -0.4 is 4.74 Å². The lowest BCUT2D eigenvalue weighted by atomic mass is 10.1. The van der Waals surface area contributed by atoms with Crippen LogP contribution in [0.15, 0.2) is 24.3 Å². The van der Waals surface area contributed by atoms with E-state index in [1.165, 1.54) is 0 Å². The van der Waals surface area contributed by atoms with E-state index in [-0.39, 0.29) is 6.10 Å². The minimum absolute atomic E-state index is 0.250. The molecule has 0 spiro atoms. The number of β-amino-alcohol motifs (C(OH)–C–C–N with tert-alkyl or cyclic N) is 1. The molecule has 22 heavy (non-hydrogen) atoms. The third kappa shape index (κ3) is 5.76. The lowest BCUT2D eigenvalue weighted by molar-refractivity contribution is 0.0435. The van der Waals surface area contributed by atoms with Crippen LogP contribution >= 0.6 is 11.6 Å². The fraction of sp³-hybridized carbons (Fsp3) is 0.647. The molecule has 1 aliphatic heterocycles. The summed E-state index contributed by atoms with van der Waals surface area (Å²) in [5.41, 5.74) is 0. The van der Waals surface area contributed by atoms with Gasteiger partial charge in [-0.2, -0.15) is 0 Å². The van der Waals surface area contributed by atoms with Crippen LogP contribution in [0.1, 0.15) is 20.3 Å². The summed E-state index contributed by atoms with van der Waals surface area (Å²) >= 11 is 5.93. The zero-order valence-electron chi connectivity index (χ0n) is 13.5. The van der Waals surface area contributed by atoms with Crippen molar-refractivity contribution in [1.29, 1.82) is 0 Å². The van der Waals surface area contributed by atoms with E-state index < -0.39 is 0 Å². The summed E-state index contributed by atoms with van der Waals surface area (Å²) in [5, 5.41) is 10.2. The quantitative estimate of drug-likeness (QED) is 0.781. The van der Waals surface area contributed by atoms with Gasteiger partial charge in [0.25, 0.3) is 0 Å². The maximum Gasteiger partial charge on any atom is 0.120 e. The molecule has 1 saturated heterocycles. The van der Waals surface area contributed by atoms with E-state index in [0.29, 0.717) is 17.7 Å². The topological polar surface area (TPSA) is 35.9 Å². The largest absolute Gasteiger partial charge is 0.493 e. The van der Waals surface area contributed by atoms with Crippen LogP contribution in [0.5, 0.6) is 5.75 Å². The summed E-state index contributed by atoms with van der Waals surface area (Å²) < 4.78 is 5.72. The van der Waals surface area contributed by atoms with Crippen LogP contribution in [-0.2, 0) is 0 Å². The number of benzene rings is 1. The first-order valence-electron chi connectivity index (χ1n) is 8.07. The van der Waals surface area contributed by atoms with E-state index in [9.17, 15) is 5.11 Å². The van der Waals surface area contributed by atoms with Crippen molar-refractivity contribution in [2.45, 2.75) is 32.4 Å². The van der Waals surface area contributed by atoms with Crippen LogP contribution in [0, 0.1) is 0 Å². The van der Waals surface area contributed by atoms with E-state index >= 15 is 0 Å². The fourth-order valence-corrected chi connectivity index (χ4v) is 3.10. The summed E-state index contributed by atoms with van der Waals surface area (Å²) in [7, 11) is 0. The molecule has 0 saturated carbocycles. The van der Waals surface area contributed by atoms with Gasteiger partial charge in [-0.3, -0.25) is 4.90 Å². The number of halogens is 1. The number of piperazine rings is 1. The lowest BCUT2D eigenvalue weighted by Gasteiger charge is -2.40. The van der Waals surface area contributed by atoms with Gasteiger partial charge in [-0.25, -0.2) is 0 Å². The number of ether oxygens (including phenoxy) is 1. The van der Waals surface area contributed by atoms with Gasteiger partial charge in [-0.05, 0) is 38.5 Å². The van der Waals surface area contributed by atoms with Gasteiger partial charge in [0.05, 0.1) is 12.7 Å². The maximum absolute atomic E-state index is 9.51. The Morgan fingerprint density at radius 3 is 2.91 bits per heavy atom. The van der Waals surface area contributed by atoms with Crippen LogP contribution in [0.2, 0.25) is 5.02 Å². The van der Waals surface area contributed by atoms with E-state index in [1.807, 2.05) is 31.2 Å². The molecule has 2 rings (SSSR count). The SMILES string of the molecule is C[C@@H]1CN(CCCOc2cccc(Cl)c2)CCN1C[C@@H](C)O. The average Bonchev–Trinajstić information content (AvgIpc) is 2.46. The van der Waals surface area contributed by atoms with E-state index in [4.69, 9.17) is 16.3 Å². The predicted molar refractivity (Wildman–Crippen MR) is 90.7 cm³/mol. The molecule has 1 aromatic rings. The number of rotatable bonds is 7.